The van der Waals surface area contributed by atoms with Gasteiger partial charge in [-0.2, -0.15) is 4.31 Å². The number of unbranched alkanes of at least 4 members (excludes halogenated alkanes) is 1. The molecule has 0 aliphatic carbocycles. The van der Waals surface area contributed by atoms with Crippen molar-refractivity contribution in [2.75, 3.05) is 24.5 Å². The van der Waals surface area contributed by atoms with E-state index >= 15 is 0 Å². The van der Waals surface area contributed by atoms with Gasteiger partial charge < -0.3 is 5.32 Å². The van der Waals surface area contributed by atoms with Gasteiger partial charge in [0.05, 0.1) is 4.90 Å². The highest BCUT2D eigenvalue weighted by Crippen LogP contribution is 2.35. The van der Waals surface area contributed by atoms with E-state index in [4.69, 9.17) is 0 Å². The Bertz CT molecular complexity index is 863. The van der Waals surface area contributed by atoms with Gasteiger partial charge in [-0.15, -0.1) is 0 Å². The Hall–Kier alpha value is -1.93. The number of piperidine rings is 1. The van der Waals surface area contributed by atoms with Gasteiger partial charge >= 0.3 is 0 Å². The molecular weight excluding hydrogens is 390 g/mol. The summed E-state index contributed by atoms with van der Waals surface area (Å²) >= 11 is 0. The predicted octanol–water partition coefficient (Wildman–Crippen LogP) is 2.45. The van der Waals surface area contributed by atoms with Gasteiger partial charge in [0, 0.05) is 38.2 Å². The van der Waals surface area contributed by atoms with Crippen molar-refractivity contribution in [2.24, 2.45) is 0 Å². The molecule has 1 N–H and O–H groups in total. The van der Waals surface area contributed by atoms with E-state index in [0.29, 0.717) is 31.7 Å². The number of benzene rings is 1. The van der Waals surface area contributed by atoms with Crippen LogP contribution >= 0.6 is 0 Å². The van der Waals surface area contributed by atoms with Crippen LogP contribution in [0.1, 0.15) is 57.9 Å². The number of hydrogen-bond acceptors (Lipinski definition) is 4. The number of nitrogens with zero attached hydrogens (tertiary/aromatic N) is 2. The molecule has 2 aliphatic heterocycles. The second-order valence-electron chi connectivity index (χ2n) is 7.74. The molecule has 1 fully saturated rings. The Morgan fingerprint density at radius 3 is 2.52 bits per heavy atom. The maximum absolute atomic E-state index is 13.0. The molecule has 1 aromatic carbocycles. The van der Waals surface area contributed by atoms with E-state index in [9.17, 15) is 18.0 Å². The predicted molar refractivity (Wildman–Crippen MR) is 112 cm³/mol. The van der Waals surface area contributed by atoms with Gasteiger partial charge in [0.1, 0.15) is 6.04 Å². The first-order valence-corrected chi connectivity index (χ1v) is 12.1. The van der Waals surface area contributed by atoms with E-state index in [1.807, 2.05) is 0 Å². The van der Waals surface area contributed by atoms with Crippen LogP contribution in [-0.4, -0.2) is 50.2 Å². The van der Waals surface area contributed by atoms with Crippen LogP contribution in [0.3, 0.4) is 0 Å². The third-order valence-electron chi connectivity index (χ3n) is 5.69. The van der Waals surface area contributed by atoms with E-state index in [2.05, 4.69) is 12.2 Å². The number of carbonyl (C=O) groups excluding carboxylic acids is 2. The topological polar surface area (TPSA) is 86.8 Å². The Labute approximate surface area is 173 Å². The summed E-state index contributed by atoms with van der Waals surface area (Å²) in [5.74, 6) is -0.317. The fourth-order valence-corrected chi connectivity index (χ4v) is 5.61. The van der Waals surface area contributed by atoms with E-state index in [0.717, 1.165) is 37.7 Å². The fraction of sp³-hybridized carbons (Fsp3) is 0.619. The normalized spacial score (nSPS) is 19.8. The highest BCUT2D eigenvalue weighted by atomic mass is 32.2. The van der Waals surface area contributed by atoms with Gasteiger partial charge in [-0.25, -0.2) is 8.42 Å². The third-order valence-corrected chi connectivity index (χ3v) is 7.59. The molecule has 2 aliphatic rings. The fourth-order valence-electron chi connectivity index (χ4n) is 4.04. The summed E-state index contributed by atoms with van der Waals surface area (Å²) in [4.78, 5) is 27.1. The van der Waals surface area contributed by atoms with Gasteiger partial charge in [0.15, 0.2) is 0 Å². The zero-order valence-corrected chi connectivity index (χ0v) is 18.1. The zero-order valence-electron chi connectivity index (χ0n) is 17.3. The molecule has 0 saturated carbocycles. The van der Waals surface area contributed by atoms with Crippen LogP contribution in [0.2, 0.25) is 0 Å². The number of amides is 2. The van der Waals surface area contributed by atoms with Crippen molar-refractivity contribution < 1.29 is 18.0 Å². The van der Waals surface area contributed by atoms with Crippen molar-refractivity contribution >= 4 is 27.5 Å². The van der Waals surface area contributed by atoms with Crippen LogP contribution in [0.5, 0.6) is 0 Å². The Balaban J connectivity index is 1.88. The average Bonchev–Trinajstić information content (AvgIpc) is 3.13. The van der Waals surface area contributed by atoms with Gasteiger partial charge in [0.2, 0.25) is 21.8 Å². The highest BCUT2D eigenvalue weighted by molar-refractivity contribution is 7.89. The Morgan fingerprint density at radius 2 is 1.86 bits per heavy atom. The molecule has 2 heterocycles. The van der Waals surface area contributed by atoms with Crippen molar-refractivity contribution in [1.82, 2.24) is 9.62 Å². The van der Waals surface area contributed by atoms with Crippen LogP contribution in [0, 0.1) is 0 Å². The maximum atomic E-state index is 13.0. The summed E-state index contributed by atoms with van der Waals surface area (Å²) < 4.78 is 27.6. The summed E-state index contributed by atoms with van der Waals surface area (Å²) in [5.41, 5.74) is 1.38. The van der Waals surface area contributed by atoms with Gasteiger partial charge in [-0.1, -0.05) is 26.7 Å². The molecule has 8 heteroatoms. The number of rotatable bonds is 7. The Morgan fingerprint density at radius 1 is 1.14 bits per heavy atom. The van der Waals surface area contributed by atoms with Gasteiger partial charge in [-0.05, 0) is 43.0 Å². The second kappa shape index (κ2) is 9.26. The molecule has 29 heavy (non-hydrogen) atoms. The quantitative estimate of drug-likeness (QED) is 0.685. The molecule has 1 saturated heterocycles. The smallest absolute Gasteiger partial charge is 0.243 e. The first kappa shape index (κ1) is 21.8. The second-order valence-corrected chi connectivity index (χ2v) is 9.67. The number of nitrogens with one attached hydrogen (secondary N) is 1. The SMILES string of the molecule is CCCCNC(=O)[C@@H]1Cc2cc(S(=O)(=O)N3CCCCC3)ccc2N1C(=O)CC. The molecule has 0 aromatic heterocycles. The molecule has 1 atom stereocenters. The minimum atomic E-state index is -3.55. The standard InChI is InChI=1S/C21H31N3O4S/c1-3-5-11-22-21(26)19-15-16-14-17(9-10-18(16)24(19)20(25)4-2)29(27,28)23-12-7-6-8-13-23/h9-10,14,19H,3-8,11-13,15H2,1-2H3,(H,22,26)/t19-/m0/s1. The van der Waals surface area contributed by atoms with Crippen molar-refractivity contribution in [2.45, 2.75) is 69.7 Å². The summed E-state index contributed by atoms with van der Waals surface area (Å²) in [6.45, 7) is 5.48. The van der Waals surface area contributed by atoms with Crippen LogP contribution in [-0.2, 0) is 26.0 Å². The molecule has 0 unspecified atom stereocenters. The number of carbonyl (C=O) groups is 2. The minimum Gasteiger partial charge on any atom is -0.354 e. The molecule has 2 amide bonds. The number of fused-ring (bicyclic) bond motifs is 1. The molecule has 7 nitrogen and oxygen atoms in total. The van der Waals surface area contributed by atoms with E-state index in [-0.39, 0.29) is 23.1 Å². The van der Waals surface area contributed by atoms with Gasteiger partial charge in [0.25, 0.3) is 0 Å². The van der Waals surface area contributed by atoms with E-state index < -0.39 is 16.1 Å². The molecular formula is C21H31N3O4S. The summed E-state index contributed by atoms with van der Waals surface area (Å²) in [6, 6.07) is 4.27. The van der Waals surface area contributed by atoms with E-state index in [1.54, 1.807) is 25.1 Å². The molecule has 0 bridgehead atoms. The Kier molecular flexibility index (Phi) is 6.95. The lowest BCUT2D eigenvalue weighted by Gasteiger charge is -2.26. The van der Waals surface area contributed by atoms with E-state index in [1.165, 1.54) is 9.21 Å². The van der Waals surface area contributed by atoms with Crippen LogP contribution in [0.25, 0.3) is 0 Å². The van der Waals surface area contributed by atoms with Crippen LogP contribution in [0.15, 0.2) is 23.1 Å². The number of hydrogen-bond donors (Lipinski definition) is 1. The summed E-state index contributed by atoms with van der Waals surface area (Å²) in [6.07, 6.45) is 5.28. The highest BCUT2D eigenvalue weighted by Gasteiger charge is 2.38. The molecule has 160 valence electrons. The van der Waals surface area contributed by atoms with Crippen molar-refractivity contribution in [3.8, 4) is 0 Å². The number of anilines is 1. The monoisotopic (exact) mass is 421 g/mol. The summed E-state index contributed by atoms with van der Waals surface area (Å²) in [7, 11) is -3.55. The maximum Gasteiger partial charge on any atom is 0.243 e. The molecule has 3 rings (SSSR count). The van der Waals surface area contributed by atoms with Crippen molar-refractivity contribution in [3.63, 3.8) is 0 Å². The largest absolute Gasteiger partial charge is 0.354 e. The molecule has 0 spiro atoms. The van der Waals surface area contributed by atoms with Crippen molar-refractivity contribution in [1.29, 1.82) is 0 Å². The van der Waals surface area contributed by atoms with Crippen molar-refractivity contribution in [3.05, 3.63) is 23.8 Å². The summed E-state index contributed by atoms with van der Waals surface area (Å²) in [5, 5.41) is 2.91. The third kappa shape index (κ3) is 4.48. The number of sulfonamides is 1. The lowest BCUT2D eigenvalue weighted by molar-refractivity contribution is -0.126. The van der Waals surface area contributed by atoms with Crippen LogP contribution < -0.4 is 10.2 Å². The lowest BCUT2D eigenvalue weighted by atomic mass is 10.1. The molecule has 0 radical (unpaired) electrons. The van der Waals surface area contributed by atoms with Gasteiger partial charge in [-0.3, -0.25) is 14.5 Å². The van der Waals surface area contributed by atoms with Crippen LogP contribution in [0.4, 0.5) is 5.69 Å². The average molecular weight is 422 g/mol. The first-order valence-electron chi connectivity index (χ1n) is 10.6. The zero-order chi connectivity index (χ0) is 21.0. The first-order chi connectivity index (χ1) is 13.9. The molecule has 1 aromatic rings. The lowest BCUT2D eigenvalue weighted by Crippen LogP contribution is -2.48. The minimum absolute atomic E-state index is 0.133.